The van der Waals surface area contributed by atoms with Crippen LogP contribution in [0, 0.1) is 0 Å². The van der Waals surface area contributed by atoms with Gasteiger partial charge in [0.15, 0.2) is 0 Å². The summed E-state index contributed by atoms with van der Waals surface area (Å²) in [5.74, 6) is 0. The van der Waals surface area contributed by atoms with Crippen LogP contribution in [0.15, 0.2) is 161 Å². The van der Waals surface area contributed by atoms with Crippen LogP contribution in [0.4, 0.5) is 0 Å². The van der Waals surface area contributed by atoms with Gasteiger partial charge >= 0.3 is 0 Å². The van der Waals surface area contributed by atoms with Crippen LogP contribution >= 0.6 is 10.0 Å². The lowest BCUT2D eigenvalue weighted by molar-refractivity contribution is 0.590. The Bertz CT molecular complexity index is 2580. The van der Waals surface area contributed by atoms with Gasteiger partial charge in [-0.3, -0.25) is 0 Å². The molecule has 0 aliphatic carbocycles. The predicted molar refractivity (Wildman–Crippen MR) is 215 cm³/mol. The summed E-state index contributed by atoms with van der Waals surface area (Å²) < 4.78 is 0. The van der Waals surface area contributed by atoms with Crippen molar-refractivity contribution in [3.8, 4) is 44.5 Å². The molecule has 238 valence electrons. The molecule has 0 N–H and O–H groups in total. The molecule has 0 unspecified atom stereocenters. The first-order chi connectivity index (χ1) is 23.7. The smallest absolute Gasteiger partial charge is 0.00219 e. The molecular weight excluding hydrogens is 609 g/mol. The molecule has 0 saturated heterocycles. The molecule has 0 radical (unpaired) electrons. The Hall–Kier alpha value is -5.11. The largest absolute Gasteiger partial charge is 0.192 e. The molecule has 0 aromatic heterocycles. The van der Waals surface area contributed by atoms with E-state index in [0.29, 0.717) is 0 Å². The third kappa shape index (κ3) is 4.75. The van der Waals surface area contributed by atoms with Crippen LogP contribution in [0.25, 0.3) is 76.8 Å². The van der Waals surface area contributed by atoms with Crippen LogP contribution in [-0.4, -0.2) is 12.5 Å². The fraction of sp³-hybridized carbons (Fsp3) is 0.125. The summed E-state index contributed by atoms with van der Waals surface area (Å²) in [5, 5.41) is 7.76. The van der Waals surface area contributed by atoms with Gasteiger partial charge in [0.2, 0.25) is 0 Å². The maximum absolute atomic E-state index is 2.57. The molecule has 8 aromatic rings. The van der Waals surface area contributed by atoms with Crippen molar-refractivity contribution in [2.24, 2.45) is 0 Å². The molecule has 0 nitrogen and oxygen atoms in total. The lowest BCUT2D eigenvalue weighted by Crippen LogP contribution is -2.10. The molecule has 1 heterocycles. The Kier molecular flexibility index (Phi) is 6.70. The fourth-order valence-electron chi connectivity index (χ4n) is 8.05. The Labute approximate surface area is 291 Å². The Morgan fingerprint density at radius 3 is 1.73 bits per heavy atom. The summed E-state index contributed by atoms with van der Waals surface area (Å²) in [6, 6.07) is 57.3. The van der Waals surface area contributed by atoms with E-state index in [9.17, 15) is 0 Å². The van der Waals surface area contributed by atoms with Crippen LogP contribution in [0.2, 0.25) is 0 Å². The van der Waals surface area contributed by atoms with E-state index >= 15 is 0 Å². The van der Waals surface area contributed by atoms with Gasteiger partial charge in [0.1, 0.15) is 0 Å². The second kappa shape index (κ2) is 11.0. The van der Waals surface area contributed by atoms with Gasteiger partial charge in [-0.2, -0.15) is 10.0 Å². The highest BCUT2D eigenvalue weighted by Gasteiger charge is 2.33. The molecular formula is C48H40S. The van der Waals surface area contributed by atoms with E-state index in [4.69, 9.17) is 0 Å². The topological polar surface area (TPSA) is 0 Å². The van der Waals surface area contributed by atoms with E-state index in [2.05, 4.69) is 185 Å². The first kappa shape index (κ1) is 30.0. The van der Waals surface area contributed by atoms with Gasteiger partial charge in [-0.15, -0.1) is 0 Å². The first-order valence-electron chi connectivity index (χ1n) is 17.2. The summed E-state index contributed by atoms with van der Waals surface area (Å²) in [4.78, 5) is 2.97. The van der Waals surface area contributed by atoms with Crippen molar-refractivity contribution >= 4 is 42.3 Å². The van der Waals surface area contributed by atoms with E-state index in [0.717, 1.165) is 0 Å². The molecule has 8 aromatic carbocycles. The highest BCUT2D eigenvalue weighted by molar-refractivity contribution is 8.33. The van der Waals surface area contributed by atoms with E-state index in [1.54, 1.807) is 0 Å². The van der Waals surface area contributed by atoms with Crippen molar-refractivity contribution in [1.82, 2.24) is 0 Å². The standard InChI is InChI=1S/C48H40S/c1-48(2,3)37-24-21-33(22-25-37)46-39-26-23-36(35-20-19-31-13-9-10-16-34(31)27-35)28-41(39)47(32-14-7-6-8-15-32)43-30-45-40(29-42(43)46)38-17-11-12-18-44(38)49(45,4)5/h6-30H,1-5H3. The second-order valence-electron chi connectivity index (χ2n) is 15.0. The van der Waals surface area contributed by atoms with Crippen LogP contribution in [0.5, 0.6) is 0 Å². The molecule has 1 aliphatic rings. The minimum absolute atomic E-state index is 0.0908. The number of hydrogen-bond acceptors (Lipinski definition) is 0. The SMILES string of the molecule is CC(C)(C)c1ccc(-c2c3ccc(-c4ccc5ccccc5c4)cc3c(-c3ccccc3)c3cc4c(cc23)-c2ccccc2S4(C)C)cc1. The zero-order chi connectivity index (χ0) is 33.5. The van der Waals surface area contributed by atoms with Gasteiger partial charge in [0.05, 0.1) is 0 Å². The number of fused-ring (bicyclic) bond motifs is 6. The molecule has 0 spiro atoms. The number of rotatable bonds is 3. The number of benzene rings is 8. The van der Waals surface area contributed by atoms with E-state index in [1.807, 2.05) is 0 Å². The molecule has 1 aliphatic heterocycles. The zero-order valence-corrected chi connectivity index (χ0v) is 29.7. The molecule has 9 rings (SSSR count). The van der Waals surface area contributed by atoms with E-state index in [1.165, 1.54) is 92.2 Å². The zero-order valence-electron chi connectivity index (χ0n) is 28.8. The fourth-order valence-corrected chi connectivity index (χ4v) is 10.6. The maximum Gasteiger partial charge on any atom is 0.00219 e. The van der Waals surface area contributed by atoms with Gasteiger partial charge in [-0.25, -0.2) is 0 Å². The predicted octanol–water partition coefficient (Wildman–Crippen LogP) is 13.9. The molecule has 49 heavy (non-hydrogen) atoms. The Balaban J connectivity index is 1.42. The third-order valence-electron chi connectivity index (χ3n) is 10.7. The summed E-state index contributed by atoms with van der Waals surface area (Å²) in [6.45, 7) is 6.88. The summed E-state index contributed by atoms with van der Waals surface area (Å²) >= 11 is 0. The van der Waals surface area contributed by atoms with Gasteiger partial charge < -0.3 is 0 Å². The van der Waals surface area contributed by atoms with Crippen molar-refractivity contribution in [2.45, 2.75) is 36.0 Å². The minimum Gasteiger partial charge on any atom is -0.192 e. The van der Waals surface area contributed by atoms with Crippen LogP contribution < -0.4 is 0 Å². The summed E-state index contributed by atoms with van der Waals surface area (Å²) in [6.07, 6.45) is 4.94. The molecule has 0 fully saturated rings. The summed E-state index contributed by atoms with van der Waals surface area (Å²) in [7, 11) is -1.18. The molecule has 0 atom stereocenters. The Morgan fingerprint density at radius 1 is 0.388 bits per heavy atom. The molecule has 0 amide bonds. The monoisotopic (exact) mass is 648 g/mol. The van der Waals surface area contributed by atoms with Crippen LogP contribution in [-0.2, 0) is 5.41 Å². The highest BCUT2D eigenvalue weighted by atomic mass is 32.3. The van der Waals surface area contributed by atoms with Crippen LogP contribution in [0.1, 0.15) is 26.3 Å². The maximum atomic E-state index is 2.57. The number of hydrogen-bond donors (Lipinski definition) is 0. The van der Waals surface area contributed by atoms with Gasteiger partial charge in [0.25, 0.3) is 0 Å². The van der Waals surface area contributed by atoms with Crippen molar-refractivity contribution in [3.05, 3.63) is 157 Å². The normalized spacial score (nSPS) is 14.2. The third-order valence-corrected chi connectivity index (χ3v) is 13.6. The van der Waals surface area contributed by atoms with Crippen molar-refractivity contribution < 1.29 is 0 Å². The second-order valence-corrected chi connectivity index (χ2v) is 18.5. The van der Waals surface area contributed by atoms with Crippen molar-refractivity contribution in [3.63, 3.8) is 0 Å². The molecule has 0 saturated carbocycles. The average molecular weight is 649 g/mol. The van der Waals surface area contributed by atoms with E-state index in [-0.39, 0.29) is 5.41 Å². The van der Waals surface area contributed by atoms with Gasteiger partial charge in [0, 0.05) is 9.79 Å². The first-order valence-corrected chi connectivity index (χ1v) is 19.7. The van der Waals surface area contributed by atoms with Gasteiger partial charge in [-0.1, -0.05) is 142 Å². The highest BCUT2D eigenvalue weighted by Crippen LogP contribution is 2.68. The van der Waals surface area contributed by atoms with Crippen LogP contribution in [0.3, 0.4) is 0 Å². The van der Waals surface area contributed by atoms with Crippen molar-refractivity contribution in [2.75, 3.05) is 12.5 Å². The van der Waals surface area contributed by atoms with E-state index < -0.39 is 10.0 Å². The van der Waals surface area contributed by atoms with Gasteiger partial charge in [-0.05, 0) is 131 Å². The summed E-state index contributed by atoms with van der Waals surface area (Å²) in [5.41, 5.74) is 11.9. The Morgan fingerprint density at radius 2 is 0.959 bits per heavy atom. The quantitative estimate of drug-likeness (QED) is 0.167. The lowest BCUT2D eigenvalue weighted by atomic mass is 9.82. The van der Waals surface area contributed by atoms with Crippen molar-refractivity contribution in [1.29, 1.82) is 0 Å². The molecule has 0 bridgehead atoms. The average Bonchev–Trinajstić information content (AvgIpc) is 3.34. The molecule has 1 heteroatoms. The lowest BCUT2D eigenvalue weighted by Gasteiger charge is -2.29. The minimum atomic E-state index is -1.18.